The Morgan fingerprint density at radius 3 is 2.62 bits per heavy atom. The van der Waals surface area contributed by atoms with E-state index in [2.05, 4.69) is 0 Å². The molecule has 0 spiro atoms. The second-order valence-electron chi connectivity index (χ2n) is 4.03. The Kier molecular flexibility index (Phi) is 2.55. The molecule has 16 heavy (non-hydrogen) atoms. The number of hydrogen-bond acceptors (Lipinski definition) is 2. The molecule has 0 radical (unpaired) electrons. The smallest absolute Gasteiger partial charge is 0.249 e. The van der Waals surface area contributed by atoms with E-state index in [1.807, 2.05) is 6.07 Å². The van der Waals surface area contributed by atoms with Crippen LogP contribution in [0.2, 0.25) is 0 Å². The lowest BCUT2D eigenvalue weighted by Crippen LogP contribution is -2.34. The Hall–Kier alpha value is -1.63. The van der Waals surface area contributed by atoms with E-state index in [1.54, 1.807) is 18.2 Å². The minimum Gasteiger partial charge on any atom is -0.497 e. The minimum absolute atomic E-state index is 0.159. The van der Waals surface area contributed by atoms with Crippen LogP contribution in [0, 0.1) is 11.3 Å². The first-order valence-electron chi connectivity index (χ1n) is 5.01. The van der Waals surface area contributed by atoms with Crippen LogP contribution in [0.3, 0.4) is 0 Å². The number of alkyl halides is 2. The third-order valence-corrected chi connectivity index (χ3v) is 2.91. The lowest BCUT2D eigenvalue weighted by atomic mass is 9.75. The zero-order valence-electron chi connectivity index (χ0n) is 8.84. The van der Waals surface area contributed by atoms with Gasteiger partial charge in [0.05, 0.1) is 18.7 Å². The number of nitriles is 1. The first kappa shape index (κ1) is 10.9. The normalized spacial score (nSPS) is 18.6. The molecule has 0 heterocycles. The topological polar surface area (TPSA) is 33.0 Å². The molecule has 0 aromatic heterocycles. The van der Waals surface area contributed by atoms with Gasteiger partial charge in [-0.2, -0.15) is 5.26 Å². The van der Waals surface area contributed by atoms with Crippen LogP contribution < -0.4 is 4.74 Å². The van der Waals surface area contributed by atoms with Gasteiger partial charge < -0.3 is 4.74 Å². The molecule has 1 aromatic rings. The van der Waals surface area contributed by atoms with Crippen molar-refractivity contribution in [1.29, 1.82) is 5.26 Å². The Morgan fingerprint density at radius 2 is 2.12 bits per heavy atom. The maximum Gasteiger partial charge on any atom is 0.249 e. The molecule has 4 heteroatoms. The molecule has 0 atom stereocenters. The first-order chi connectivity index (χ1) is 7.55. The summed E-state index contributed by atoms with van der Waals surface area (Å²) < 4.78 is 30.5. The molecule has 1 aliphatic carbocycles. The molecule has 0 N–H and O–H groups in total. The van der Waals surface area contributed by atoms with Crippen LogP contribution in [0.1, 0.15) is 29.9 Å². The zero-order chi connectivity index (χ0) is 11.8. The maximum absolute atomic E-state index is 12.7. The van der Waals surface area contributed by atoms with Crippen LogP contribution in [0.25, 0.3) is 0 Å². The monoisotopic (exact) mass is 223 g/mol. The highest BCUT2D eigenvalue weighted by atomic mass is 19.3. The van der Waals surface area contributed by atoms with Crippen molar-refractivity contribution < 1.29 is 13.5 Å². The Balaban J connectivity index is 2.26. The molecule has 0 unspecified atom stereocenters. The van der Waals surface area contributed by atoms with E-state index >= 15 is 0 Å². The van der Waals surface area contributed by atoms with Crippen LogP contribution >= 0.6 is 0 Å². The average Bonchev–Trinajstić information content (AvgIpc) is 2.24. The van der Waals surface area contributed by atoms with E-state index in [0.717, 1.165) is 0 Å². The van der Waals surface area contributed by atoms with E-state index in [1.165, 1.54) is 7.11 Å². The average molecular weight is 223 g/mol. The Bertz CT molecular complexity index is 443. The molecule has 0 bridgehead atoms. The number of ether oxygens (including phenoxy) is 1. The van der Waals surface area contributed by atoms with Crippen molar-refractivity contribution in [2.75, 3.05) is 7.11 Å². The fourth-order valence-electron chi connectivity index (χ4n) is 2.00. The summed E-state index contributed by atoms with van der Waals surface area (Å²) in [6.45, 7) is 0. The molecular weight excluding hydrogens is 212 g/mol. The Labute approximate surface area is 92.5 Å². The Morgan fingerprint density at radius 1 is 1.44 bits per heavy atom. The summed E-state index contributed by atoms with van der Waals surface area (Å²) in [5.41, 5.74) is 1.13. The molecule has 0 amide bonds. The number of rotatable bonds is 2. The van der Waals surface area contributed by atoms with Crippen molar-refractivity contribution in [3.05, 3.63) is 29.3 Å². The van der Waals surface area contributed by atoms with Crippen LogP contribution in [0.4, 0.5) is 8.78 Å². The predicted molar refractivity (Wildman–Crippen MR) is 54.6 cm³/mol. The van der Waals surface area contributed by atoms with Crippen molar-refractivity contribution in [3.63, 3.8) is 0 Å². The van der Waals surface area contributed by atoms with Crippen molar-refractivity contribution >= 4 is 0 Å². The van der Waals surface area contributed by atoms with Crippen molar-refractivity contribution in [2.24, 2.45) is 0 Å². The summed E-state index contributed by atoms with van der Waals surface area (Å²) in [6.07, 6.45) is -0.317. The molecule has 2 rings (SSSR count). The third-order valence-electron chi connectivity index (χ3n) is 2.91. The van der Waals surface area contributed by atoms with Crippen LogP contribution in [-0.4, -0.2) is 13.0 Å². The maximum atomic E-state index is 12.7. The summed E-state index contributed by atoms with van der Waals surface area (Å²) in [6, 6.07) is 7.02. The number of halogens is 2. The highest BCUT2D eigenvalue weighted by Gasteiger charge is 2.46. The van der Waals surface area contributed by atoms with E-state index in [4.69, 9.17) is 10.00 Å². The molecule has 1 fully saturated rings. The highest BCUT2D eigenvalue weighted by Crippen LogP contribution is 2.49. The van der Waals surface area contributed by atoms with Gasteiger partial charge in [0, 0.05) is 12.8 Å². The molecule has 0 saturated heterocycles. The molecular formula is C12H11F2NO. The van der Waals surface area contributed by atoms with Gasteiger partial charge in [-0.3, -0.25) is 0 Å². The zero-order valence-corrected chi connectivity index (χ0v) is 8.84. The fraction of sp³-hybridized carbons (Fsp3) is 0.417. The second-order valence-corrected chi connectivity index (χ2v) is 4.03. The fourth-order valence-corrected chi connectivity index (χ4v) is 2.00. The highest BCUT2D eigenvalue weighted by molar-refractivity contribution is 5.46. The van der Waals surface area contributed by atoms with Crippen LogP contribution in [0.15, 0.2) is 18.2 Å². The van der Waals surface area contributed by atoms with Crippen LogP contribution in [0.5, 0.6) is 5.75 Å². The van der Waals surface area contributed by atoms with Crippen molar-refractivity contribution in [3.8, 4) is 11.8 Å². The largest absolute Gasteiger partial charge is 0.497 e. The van der Waals surface area contributed by atoms with Gasteiger partial charge in [0.2, 0.25) is 5.92 Å². The van der Waals surface area contributed by atoms with Gasteiger partial charge in [0.25, 0.3) is 0 Å². The summed E-state index contributed by atoms with van der Waals surface area (Å²) in [5.74, 6) is -2.18. The van der Waals surface area contributed by atoms with E-state index in [9.17, 15) is 8.78 Å². The van der Waals surface area contributed by atoms with Gasteiger partial charge in [-0.05, 0) is 23.6 Å². The molecule has 84 valence electrons. The second kappa shape index (κ2) is 3.75. The molecule has 2 nitrogen and oxygen atoms in total. The van der Waals surface area contributed by atoms with Gasteiger partial charge in [-0.15, -0.1) is 0 Å². The standard InChI is InChI=1S/C12H11F2NO/c1-16-10-2-3-11(8(4-10)7-15)9-5-12(13,14)6-9/h2-4,9H,5-6H2,1H3. The SMILES string of the molecule is COc1ccc(C2CC(F)(F)C2)c(C#N)c1. The molecule has 1 aromatic carbocycles. The third kappa shape index (κ3) is 1.85. The molecule has 1 aliphatic rings. The summed E-state index contributed by atoms with van der Waals surface area (Å²) in [7, 11) is 1.51. The van der Waals surface area contributed by atoms with Gasteiger partial charge >= 0.3 is 0 Å². The summed E-state index contributed by atoms with van der Waals surface area (Å²) in [4.78, 5) is 0. The van der Waals surface area contributed by atoms with Crippen molar-refractivity contribution in [1.82, 2.24) is 0 Å². The van der Waals surface area contributed by atoms with Crippen molar-refractivity contribution in [2.45, 2.75) is 24.7 Å². The quantitative estimate of drug-likeness (QED) is 0.771. The lowest BCUT2D eigenvalue weighted by molar-refractivity contribution is -0.0867. The number of benzene rings is 1. The van der Waals surface area contributed by atoms with Gasteiger partial charge in [0.15, 0.2) is 0 Å². The summed E-state index contributed by atoms with van der Waals surface area (Å²) >= 11 is 0. The first-order valence-corrected chi connectivity index (χ1v) is 5.01. The van der Waals surface area contributed by atoms with E-state index in [-0.39, 0.29) is 18.8 Å². The van der Waals surface area contributed by atoms with Crippen LogP contribution in [-0.2, 0) is 0 Å². The number of methoxy groups -OCH3 is 1. The van der Waals surface area contributed by atoms with Gasteiger partial charge in [0.1, 0.15) is 5.75 Å². The van der Waals surface area contributed by atoms with Gasteiger partial charge in [-0.1, -0.05) is 6.07 Å². The lowest BCUT2D eigenvalue weighted by Gasteiger charge is -2.35. The molecule has 0 aliphatic heterocycles. The number of hydrogen-bond donors (Lipinski definition) is 0. The minimum atomic E-state index is -2.56. The van der Waals surface area contributed by atoms with E-state index < -0.39 is 5.92 Å². The van der Waals surface area contributed by atoms with E-state index in [0.29, 0.717) is 16.9 Å². The number of nitrogens with zero attached hydrogens (tertiary/aromatic N) is 1. The predicted octanol–water partition coefficient (Wildman–Crippen LogP) is 3.08. The van der Waals surface area contributed by atoms with Gasteiger partial charge in [-0.25, -0.2) is 8.78 Å². The molecule has 1 saturated carbocycles. The summed E-state index contributed by atoms with van der Waals surface area (Å²) in [5, 5.41) is 8.94.